The lowest BCUT2D eigenvalue weighted by atomic mass is 10.3. The number of nitrogens with one attached hydrogen (secondary N) is 2. The van der Waals surface area contributed by atoms with Crippen LogP contribution in [-0.4, -0.2) is 35.9 Å². The van der Waals surface area contributed by atoms with Gasteiger partial charge in [-0.15, -0.1) is 0 Å². The second kappa shape index (κ2) is 7.78. The molecule has 9 heteroatoms. The topological polar surface area (TPSA) is 105 Å². The van der Waals surface area contributed by atoms with Crippen LogP contribution in [0, 0.1) is 0 Å². The number of amides is 2. The lowest BCUT2D eigenvalue weighted by molar-refractivity contribution is 0.262. The zero-order chi connectivity index (χ0) is 19.3. The molecule has 3 aromatic rings. The van der Waals surface area contributed by atoms with E-state index in [0.717, 1.165) is 6.42 Å². The fourth-order valence-electron chi connectivity index (χ4n) is 2.67. The third-order valence-corrected chi connectivity index (χ3v) is 4.00. The van der Waals surface area contributed by atoms with Crippen LogP contribution >= 0.6 is 0 Å². The molecule has 1 aromatic carbocycles. The second-order valence-corrected chi connectivity index (χ2v) is 5.93. The number of anilines is 3. The Bertz CT molecular complexity index is 985. The van der Waals surface area contributed by atoms with Crippen LogP contribution in [0.15, 0.2) is 58.2 Å². The van der Waals surface area contributed by atoms with Crippen LogP contribution in [0.3, 0.4) is 0 Å². The maximum Gasteiger partial charge on any atom is 0.324 e. The number of hydrazone groups is 1. The van der Waals surface area contributed by atoms with Gasteiger partial charge in [0.1, 0.15) is 11.6 Å². The predicted octanol–water partition coefficient (Wildman–Crippen LogP) is 3.59. The van der Waals surface area contributed by atoms with Crippen molar-refractivity contribution in [3.63, 3.8) is 0 Å². The Labute approximate surface area is 161 Å². The zero-order valence-electron chi connectivity index (χ0n) is 15.1. The monoisotopic (exact) mass is 378 g/mol. The van der Waals surface area contributed by atoms with Gasteiger partial charge in [-0.3, -0.25) is 5.32 Å². The number of carbonyl (C=O) groups is 1. The first-order valence-electron chi connectivity index (χ1n) is 8.66. The summed E-state index contributed by atoms with van der Waals surface area (Å²) in [7, 11) is 1.59. The number of urea groups is 1. The standard InChI is InChI=1S/C19H18N6O3/c1-27-14-7-5-13(6-8-14)21-19(26)23-16-12-17(25-10-3-9-20-25)24-18(22-16)15-4-2-11-28-15/h2,4-9,11-12H,3,10H2,1H3,(H2,21,22,23,24,26). The van der Waals surface area contributed by atoms with Crippen LogP contribution in [0.1, 0.15) is 6.42 Å². The Morgan fingerprint density at radius 3 is 2.71 bits per heavy atom. The summed E-state index contributed by atoms with van der Waals surface area (Å²) in [6.45, 7) is 0.714. The van der Waals surface area contributed by atoms with Gasteiger partial charge in [0.25, 0.3) is 0 Å². The molecule has 2 N–H and O–H groups in total. The summed E-state index contributed by atoms with van der Waals surface area (Å²) < 4.78 is 10.5. The van der Waals surface area contributed by atoms with E-state index < -0.39 is 6.03 Å². The molecule has 0 aliphatic carbocycles. The van der Waals surface area contributed by atoms with Gasteiger partial charge < -0.3 is 14.5 Å². The number of ether oxygens (including phenoxy) is 1. The summed E-state index contributed by atoms with van der Waals surface area (Å²) in [5.41, 5.74) is 0.628. The molecule has 0 fully saturated rings. The van der Waals surface area contributed by atoms with Gasteiger partial charge in [0.15, 0.2) is 17.4 Å². The summed E-state index contributed by atoms with van der Waals surface area (Å²) in [6.07, 6.45) is 4.20. The minimum Gasteiger partial charge on any atom is -0.497 e. The van der Waals surface area contributed by atoms with Gasteiger partial charge in [0.05, 0.1) is 13.4 Å². The Kier molecular flexibility index (Phi) is 4.87. The van der Waals surface area contributed by atoms with E-state index in [1.807, 2.05) is 6.21 Å². The van der Waals surface area contributed by atoms with E-state index in [-0.39, 0.29) is 0 Å². The highest BCUT2D eigenvalue weighted by Crippen LogP contribution is 2.24. The Balaban J connectivity index is 1.55. The van der Waals surface area contributed by atoms with E-state index in [1.165, 1.54) is 0 Å². The smallest absolute Gasteiger partial charge is 0.324 e. The van der Waals surface area contributed by atoms with Gasteiger partial charge in [0, 0.05) is 30.9 Å². The first-order chi connectivity index (χ1) is 13.7. The summed E-state index contributed by atoms with van der Waals surface area (Å²) >= 11 is 0. The van der Waals surface area contributed by atoms with Crippen molar-refractivity contribution in [1.82, 2.24) is 9.97 Å². The first kappa shape index (κ1) is 17.5. The fourth-order valence-corrected chi connectivity index (χ4v) is 2.67. The van der Waals surface area contributed by atoms with Crippen molar-refractivity contribution in [2.24, 2.45) is 5.10 Å². The molecular weight excluding hydrogens is 360 g/mol. The molecule has 4 rings (SSSR count). The molecule has 1 aliphatic rings. The molecule has 0 atom stereocenters. The molecular formula is C19H18N6O3. The number of nitrogens with zero attached hydrogens (tertiary/aromatic N) is 4. The van der Waals surface area contributed by atoms with E-state index in [1.54, 1.807) is 60.8 Å². The maximum absolute atomic E-state index is 12.4. The van der Waals surface area contributed by atoms with Gasteiger partial charge in [0.2, 0.25) is 0 Å². The highest BCUT2D eigenvalue weighted by molar-refractivity contribution is 5.99. The zero-order valence-corrected chi connectivity index (χ0v) is 15.1. The molecule has 0 spiro atoms. The van der Waals surface area contributed by atoms with Gasteiger partial charge in [-0.1, -0.05) is 0 Å². The van der Waals surface area contributed by atoms with E-state index in [0.29, 0.717) is 41.2 Å². The van der Waals surface area contributed by atoms with Crippen LogP contribution < -0.4 is 20.4 Å². The van der Waals surface area contributed by atoms with Gasteiger partial charge in [-0.25, -0.2) is 19.8 Å². The molecule has 3 heterocycles. The lowest BCUT2D eigenvalue weighted by Gasteiger charge is -2.15. The first-order valence-corrected chi connectivity index (χ1v) is 8.66. The van der Waals surface area contributed by atoms with Crippen LogP contribution in [-0.2, 0) is 0 Å². The van der Waals surface area contributed by atoms with E-state index >= 15 is 0 Å². The van der Waals surface area contributed by atoms with Gasteiger partial charge >= 0.3 is 6.03 Å². The van der Waals surface area contributed by atoms with Crippen molar-refractivity contribution in [2.45, 2.75) is 6.42 Å². The average molecular weight is 378 g/mol. The molecule has 0 unspecified atom stereocenters. The molecule has 0 saturated carbocycles. The molecule has 2 amide bonds. The average Bonchev–Trinajstić information content (AvgIpc) is 3.42. The van der Waals surface area contributed by atoms with Crippen molar-refractivity contribution < 1.29 is 13.9 Å². The third-order valence-electron chi connectivity index (χ3n) is 4.00. The summed E-state index contributed by atoms with van der Waals surface area (Å²) in [5, 5.41) is 11.5. The Morgan fingerprint density at radius 2 is 2.04 bits per heavy atom. The lowest BCUT2D eigenvalue weighted by Crippen LogP contribution is -2.21. The van der Waals surface area contributed by atoms with E-state index in [4.69, 9.17) is 9.15 Å². The fraction of sp³-hybridized carbons (Fsp3) is 0.158. The molecule has 0 bridgehead atoms. The van der Waals surface area contributed by atoms with Crippen molar-refractivity contribution in [1.29, 1.82) is 0 Å². The molecule has 1 aliphatic heterocycles. The van der Waals surface area contributed by atoms with Crippen LogP contribution in [0.5, 0.6) is 5.75 Å². The summed E-state index contributed by atoms with van der Waals surface area (Å²) in [6, 6.07) is 11.8. The summed E-state index contributed by atoms with van der Waals surface area (Å²) in [5.74, 6) is 2.49. The second-order valence-electron chi connectivity index (χ2n) is 5.93. The molecule has 0 radical (unpaired) electrons. The number of hydrogen-bond donors (Lipinski definition) is 2. The van der Waals surface area contributed by atoms with Crippen LogP contribution in [0.25, 0.3) is 11.6 Å². The SMILES string of the molecule is COc1ccc(NC(=O)Nc2cc(N3CCC=N3)nc(-c3ccco3)n2)cc1. The molecule has 0 saturated heterocycles. The number of benzene rings is 1. The number of aromatic nitrogens is 2. The van der Waals surface area contributed by atoms with Crippen molar-refractivity contribution in [3.8, 4) is 17.3 Å². The number of carbonyl (C=O) groups excluding carboxylic acids is 1. The minimum atomic E-state index is -0.426. The highest BCUT2D eigenvalue weighted by atomic mass is 16.5. The number of hydrogen-bond acceptors (Lipinski definition) is 7. The number of rotatable bonds is 5. The molecule has 9 nitrogen and oxygen atoms in total. The molecule has 2 aromatic heterocycles. The maximum atomic E-state index is 12.4. The van der Waals surface area contributed by atoms with Crippen molar-refractivity contribution in [2.75, 3.05) is 29.3 Å². The summed E-state index contributed by atoms with van der Waals surface area (Å²) in [4.78, 5) is 21.3. The predicted molar refractivity (Wildman–Crippen MR) is 106 cm³/mol. The van der Waals surface area contributed by atoms with Gasteiger partial charge in [-0.05, 0) is 36.4 Å². The molecule has 142 valence electrons. The highest BCUT2D eigenvalue weighted by Gasteiger charge is 2.16. The van der Waals surface area contributed by atoms with Gasteiger partial charge in [-0.2, -0.15) is 5.10 Å². The van der Waals surface area contributed by atoms with Crippen molar-refractivity contribution in [3.05, 3.63) is 48.7 Å². The quantitative estimate of drug-likeness (QED) is 0.703. The Morgan fingerprint density at radius 1 is 1.18 bits per heavy atom. The number of methoxy groups -OCH3 is 1. The van der Waals surface area contributed by atoms with Crippen molar-refractivity contribution >= 4 is 29.6 Å². The number of furan rings is 1. The van der Waals surface area contributed by atoms with Crippen LogP contribution in [0.2, 0.25) is 0 Å². The molecule has 28 heavy (non-hydrogen) atoms. The normalized spacial score (nSPS) is 12.8. The Hall–Kier alpha value is -3.88. The minimum absolute atomic E-state index is 0.338. The van der Waals surface area contributed by atoms with Crippen LogP contribution in [0.4, 0.5) is 22.1 Å². The largest absolute Gasteiger partial charge is 0.497 e. The van der Waals surface area contributed by atoms with E-state index in [9.17, 15) is 4.79 Å². The van der Waals surface area contributed by atoms with E-state index in [2.05, 4.69) is 25.7 Å². The third kappa shape index (κ3) is 3.93.